The van der Waals surface area contributed by atoms with Crippen molar-refractivity contribution in [2.45, 2.75) is 53.4 Å². The molecule has 0 rings (SSSR count). The maximum Gasteiger partial charge on any atom is 0.680 e. The highest BCUT2D eigenvalue weighted by atomic mass is 28.4. The van der Waals surface area contributed by atoms with Crippen molar-refractivity contribution in [2.24, 2.45) is 0 Å². The Bertz CT molecular complexity index is 261. The summed E-state index contributed by atoms with van der Waals surface area (Å²) in [7, 11) is -3.36. The molecule has 0 saturated carbocycles. The second-order valence-corrected chi connectivity index (χ2v) is 8.50. The maximum absolute atomic E-state index is 5.98. The summed E-state index contributed by atoms with van der Waals surface area (Å²) in [5.74, 6) is 0. The van der Waals surface area contributed by atoms with Crippen LogP contribution in [-0.4, -0.2) is 88.3 Å². The van der Waals surface area contributed by atoms with Crippen LogP contribution in [0.4, 0.5) is 0 Å². The minimum absolute atomic E-state index is 0.341. The Morgan fingerprint density at radius 1 is 0.345 bits per heavy atom. The topological polar surface area (TPSA) is 73.8 Å². The molecule has 0 amide bonds. The van der Waals surface area contributed by atoms with E-state index in [1.807, 2.05) is 0 Å². The molecule has 0 aliphatic rings. The molecular formula is C20H44O8Si. The summed E-state index contributed by atoms with van der Waals surface area (Å²) in [6.45, 7) is 14.3. The lowest BCUT2D eigenvalue weighted by molar-refractivity contribution is -0.0687. The summed E-state index contributed by atoms with van der Waals surface area (Å²) in [5, 5.41) is 0. The third kappa shape index (κ3) is 18.4. The Labute approximate surface area is 178 Å². The number of rotatable bonds is 24. The molecule has 29 heavy (non-hydrogen) atoms. The largest absolute Gasteiger partial charge is 0.680 e. The molecule has 8 nitrogen and oxygen atoms in total. The zero-order valence-corrected chi connectivity index (χ0v) is 20.1. The molecule has 0 unspecified atom stereocenters. The van der Waals surface area contributed by atoms with E-state index in [1.165, 1.54) is 0 Å². The Morgan fingerprint density at radius 2 is 0.586 bits per heavy atom. The van der Waals surface area contributed by atoms with Crippen LogP contribution < -0.4 is 0 Å². The van der Waals surface area contributed by atoms with E-state index in [0.717, 1.165) is 25.7 Å². The fourth-order valence-corrected chi connectivity index (χ4v) is 3.97. The van der Waals surface area contributed by atoms with Crippen LogP contribution in [0, 0.1) is 0 Å². The lowest BCUT2D eigenvalue weighted by Crippen LogP contribution is -2.51. The minimum atomic E-state index is -3.36. The summed E-state index contributed by atoms with van der Waals surface area (Å²) in [4.78, 5) is 0. The van der Waals surface area contributed by atoms with Crippen molar-refractivity contribution < 1.29 is 36.7 Å². The fourth-order valence-electron chi connectivity index (χ4n) is 2.14. The molecule has 0 heterocycles. The van der Waals surface area contributed by atoms with Gasteiger partial charge in [0, 0.05) is 26.4 Å². The quantitative estimate of drug-likeness (QED) is 0.167. The molecular weight excluding hydrogens is 396 g/mol. The molecule has 0 aliphatic heterocycles. The van der Waals surface area contributed by atoms with Crippen molar-refractivity contribution in [1.29, 1.82) is 0 Å². The SMILES string of the molecule is CCCOCCO[Si](OCCOCCC)(OCCOCCC)OCCOCCC. The minimum Gasteiger partial charge on any atom is -0.379 e. The second kappa shape index (κ2) is 22.6. The first-order valence-electron chi connectivity index (χ1n) is 11.1. The molecule has 176 valence electrons. The van der Waals surface area contributed by atoms with Gasteiger partial charge in [-0.3, -0.25) is 0 Å². The van der Waals surface area contributed by atoms with Crippen LogP contribution >= 0.6 is 0 Å². The maximum atomic E-state index is 5.98. The lowest BCUT2D eigenvalue weighted by atomic mass is 10.5. The molecule has 0 aliphatic carbocycles. The van der Waals surface area contributed by atoms with Crippen molar-refractivity contribution in [2.75, 3.05) is 79.3 Å². The third-order valence-corrected chi connectivity index (χ3v) is 5.65. The van der Waals surface area contributed by atoms with E-state index < -0.39 is 9.05 Å². The van der Waals surface area contributed by atoms with Gasteiger partial charge in [0.15, 0.2) is 0 Å². The van der Waals surface area contributed by atoms with Gasteiger partial charge < -0.3 is 36.7 Å². The normalized spacial score (nSPS) is 12.0. The summed E-state index contributed by atoms with van der Waals surface area (Å²) in [5.41, 5.74) is 0. The van der Waals surface area contributed by atoms with E-state index in [1.54, 1.807) is 0 Å². The van der Waals surface area contributed by atoms with Crippen molar-refractivity contribution >= 4 is 9.05 Å². The first kappa shape index (κ1) is 28.9. The first-order chi connectivity index (χ1) is 14.2. The van der Waals surface area contributed by atoms with E-state index in [9.17, 15) is 0 Å². The van der Waals surface area contributed by atoms with Crippen LogP contribution in [0.25, 0.3) is 0 Å². The molecule has 0 spiro atoms. The monoisotopic (exact) mass is 440 g/mol. The molecule has 0 aromatic heterocycles. The van der Waals surface area contributed by atoms with Gasteiger partial charge in [-0.15, -0.1) is 0 Å². The van der Waals surface area contributed by atoms with Gasteiger partial charge in [-0.25, -0.2) is 0 Å². The standard InChI is InChI=1S/C20H44O8Si/c1-5-9-21-13-17-25-29(26-18-14-22-10-6-2,27-19-15-23-11-7-3)28-20-16-24-12-8-4/h5-20H2,1-4H3. The second-order valence-electron chi connectivity index (χ2n) is 6.34. The Hall–Kier alpha value is -0.103. The predicted octanol–water partition coefficient (Wildman–Crippen LogP) is 3.19. The summed E-state index contributed by atoms with van der Waals surface area (Å²) in [6.07, 6.45) is 3.85. The summed E-state index contributed by atoms with van der Waals surface area (Å²) < 4.78 is 45.9. The molecule has 0 saturated heterocycles. The van der Waals surface area contributed by atoms with Gasteiger partial charge in [-0.1, -0.05) is 27.7 Å². The van der Waals surface area contributed by atoms with E-state index in [-0.39, 0.29) is 0 Å². The van der Waals surface area contributed by atoms with Crippen molar-refractivity contribution in [3.05, 3.63) is 0 Å². The Kier molecular flexibility index (Phi) is 22.5. The molecule has 0 aromatic rings. The first-order valence-corrected chi connectivity index (χ1v) is 12.7. The zero-order valence-electron chi connectivity index (χ0n) is 19.1. The van der Waals surface area contributed by atoms with E-state index >= 15 is 0 Å². The van der Waals surface area contributed by atoms with Crippen LogP contribution in [0.1, 0.15) is 53.4 Å². The van der Waals surface area contributed by atoms with Crippen molar-refractivity contribution in [3.63, 3.8) is 0 Å². The fraction of sp³-hybridized carbons (Fsp3) is 1.00. The zero-order chi connectivity index (χ0) is 21.5. The smallest absolute Gasteiger partial charge is 0.379 e. The molecule has 0 aromatic carbocycles. The molecule has 0 atom stereocenters. The highest BCUT2D eigenvalue weighted by molar-refractivity contribution is 6.53. The molecule has 0 N–H and O–H groups in total. The lowest BCUT2D eigenvalue weighted by Gasteiger charge is -2.28. The highest BCUT2D eigenvalue weighted by Gasteiger charge is 2.46. The van der Waals surface area contributed by atoms with Gasteiger partial charge in [-0.05, 0) is 25.7 Å². The molecule has 0 fully saturated rings. The average molecular weight is 441 g/mol. The van der Waals surface area contributed by atoms with Gasteiger partial charge in [0.2, 0.25) is 0 Å². The number of hydrogen-bond donors (Lipinski definition) is 0. The number of hydrogen-bond acceptors (Lipinski definition) is 8. The van der Waals surface area contributed by atoms with E-state index in [0.29, 0.717) is 79.3 Å². The van der Waals surface area contributed by atoms with Crippen LogP contribution in [0.15, 0.2) is 0 Å². The third-order valence-electron chi connectivity index (χ3n) is 3.42. The van der Waals surface area contributed by atoms with E-state index in [4.69, 9.17) is 36.7 Å². The van der Waals surface area contributed by atoms with Crippen molar-refractivity contribution in [1.82, 2.24) is 0 Å². The summed E-state index contributed by atoms with van der Waals surface area (Å²) >= 11 is 0. The Morgan fingerprint density at radius 3 is 0.793 bits per heavy atom. The van der Waals surface area contributed by atoms with Gasteiger partial charge in [0.05, 0.1) is 52.9 Å². The van der Waals surface area contributed by atoms with Crippen LogP contribution in [0.5, 0.6) is 0 Å². The Balaban J connectivity index is 4.69. The summed E-state index contributed by atoms with van der Waals surface area (Å²) in [6, 6.07) is 0. The van der Waals surface area contributed by atoms with Crippen LogP contribution in [0.3, 0.4) is 0 Å². The molecule has 0 radical (unpaired) electrons. The van der Waals surface area contributed by atoms with Gasteiger partial charge in [0.1, 0.15) is 0 Å². The highest BCUT2D eigenvalue weighted by Crippen LogP contribution is 2.13. The van der Waals surface area contributed by atoms with Crippen LogP contribution in [0.2, 0.25) is 0 Å². The molecule has 0 bridgehead atoms. The van der Waals surface area contributed by atoms with Crippen LogP contribution in [-0.2, 0) is 36.7 Å². The van der Waals surface area contributed by atoms with Crippen molar-refractivity contribution in [3.8, 4) is 0 Å². The number of ether oxygens (including phenoxy) is 4. The van der Waals surface area contributed by atoms with Gasteiger partial charge >= 0.3 is 9.05 Å². The van der Waals surface area contributed by atoms with E-state index in [2.05, 4.69) is 27.7 Å². The van der Waals surface area contributed by atoms with Gasteiger partial charge in [0.25, 0.3) is 0 Å². The van der Waals surface area contributed by atoms with Gasteiger partial charge in [-0.2, -0.15) is 0 Å². The predicted molar refractivity (Wildman–Crippen MR) is 114 cm³/mol. The molecule has 9 heteroatoms. The average Bonchev–Trinajstić information content (AvgIpc) is 2.73.